The number of aromatic nitrogens is 3. The number of nitrogens with two attached hydrogens (primary N) is 1. The second-order valence-corrected chi connectivity index (χ2v) is 4.61. The summed E-state index contributed by atoms with van der Waals surface area (Å²) in [5.41, 5.74) is 6.27. The quantitative estimate of drug-likeness (QED) is 0.641. The first-order chi connectivity index (χ1) is 8.97. The molecule has 0 aliphatic heterocycles. The van der Waals surface area contributed by atoms with Gasteiger partial charge in [-0.25, -0.2) is 4.98 Å². The van der Waals surface area contributed by atoms with Crippen LogP contribution in [0.25, 0.3) is 10.6 Å². The van der Waals surface area contributed by atoms with Gasteiger partial charge in [-0.3, -0.25) is 0 Å². The summed E-state index contributed by atoms with van der Waals surface area (Å²) in [5, 5.41) is 13.6. The molecule has 0 aliphatic carbocycles. The SMILES string of the molecule is Cc1onc(N)c1-c1nc(CC(C)O[N+](=O)[O-])ns1. The summed E-state index contributed by atoms with van der Waals surface area (Å²) in [6.07, 6.45) is -0.375. The highest BCUT2D eigenvalue weighted by atomic mass is 32.1. The molecule has 1 unspecified atom stereocenters. The Kier molecular flexibility index (Phi) is 3.60. The van der Waals surface area contributed by atoms with Crippen molar-refractivity contribution in [3.8, 4) is 10.6 Å². The lowest BCUT2D eigenvalue weighted by Crippen LogP contribution is -2.16. The molecule has 2 rings (SSSR count). The molecule has 0 bridgehead atoms. The van der Waals surface area contributed by atoms with Crippen LogP contribution in [0.2, 0.25) is 0 Å². The lowest BCUT2D eigenvalue weighted by molar-refractivity contribution is -0.767. The maximum absolute atomic E-state index is 10.2. The van der Waals surface area contributed by atoms with Crippen molar-refractivity contribution in [3.05, 3.63) is 21.7 Å². The van der Waals surface area contributed by atoms with E-state index in [0.29, 0.717) is 22.2 Å². The molecule has 10 heteroatoms. The number of hydrogen-bond donors (Lipinski definition) is 1. The number of anilines is 1. The second-order valence-electron chi connectivity index (χ2n) is 3.86. The van der Waals surface area contributed by atoms with Gasteiger partial charge in [0, 0.05) is 6.42 Å². The molecule has 0 aliphatic rings. The number of nitrogen functional groups attached to an aromatic ring is 1. The first-order valence-corrected chi connectivity index (χ1v) is 6.10. The average Bonchev–Trinajstić information content (AvgIpc) is 2.85. The van der Waals surface area contributed by atoms with E-state index >= 15 is 0 Å². The predicted molar refractivity (Wildman–Crippen MR) is 65.8 cm³/mol. The van der Waals surface area contributed by atoms with Gasteiger partial charge in [0.25, 0.3) is 5.09 Å². The number of nitrogens with zero attached hydrogens (tertiary/aromatic N) is 4. The maximum atomic E-state index is 10.2. The lowest BCUT2D eigenvalue weighted by Gasteiger charge is -2.05. The Hall–Kier alpha value is -2.23. The Morgan fingerprint density at radius 1 is 1.63 bits per heavy atom. The van der Waals surface area contributed by atoms with Crippen LogP contribution in [-0.4, -0.2) is 25.7 Å². The third-order valence-electron chi connectivity index (χ3n) is 2.31. The van der Waals surface area contributed by atoms with Gasteiger partial charge in [0.2, 0.25) is 0 Å². The molecular formula is C9H11N5O4S. The highest BCUT2D eigenvalue weighted by Crippen LogP contribution is 2.30. The van der Waals surface area contributed by atoms with E-state index in [1.807, 2.05) is 0 Å². The van der Waals surface area contributed by atoms with Crippen molar-refractivity contribution in [1.82, 2.24) is 14.5 Å². The third kappa shape index (κ3) is 2.96. The van der Waals surface area contributed by atoms with Crippen LogP contribution in [0.15, 0.2) is 4.52 Å². The molecule has 2 heterocycles. The minimum absolute atomic E-state index is 0.238. The van der Waals surface area contributed by atoms with Gasteiger partial charge in [-0.2, -0.15) is 4.37 Å². The van der Waals surface area contributed by atoms with Crippen molar-refractivity contribution >= 4 is 17.4 Å². The highest BCUT2D eigenvalue weighted by molar-refractivity contribution is 7.09. The summed E-state index contributed by atoms with van der Waals surface area (Å²) in [5.74, 6) is 1.25. The van der Waals surface area contributed by atoms with E-state index in [2.05, 4.69) is 19.4 Å². The summed E-state index contributed by atoms with van der Waals surface area (Å²) in [7, 11) is 0. The maximum Gasteiger partial charge on any atom is 0.294 e. The van der Waals surface area contributed by atoms with Crippen LogP contribution in [0.4, 0.5) is 5.82 Å². The van der Waals surface area contributed by atoms with Crippen molar-refractivity contribution in [3.63, 3.8) is 0 Å². The van der Waals surface area contributed by atoms with Crippen molar-refractivity contribution in [2.75, 3.05) is 5.73 Å². The van der Waals surface area contributed by atoms with Crippen LogP contribution in [0, 0.1) is 17.0 Å². The summed E-state index contributed by atoms with van der Waals surface area (Å²) in [6, 6.07) is 0. The van der Waals surface area contributed by atoms with Gasteiger partial charge in [0.1, 0.15) is 17.7 Å². The molecule has 102 valence electrons. The van der Waals surface area contributed by atoms with Crippen LogP contribution in [0.3, 0.4) is 0 Å². The minimum atomic E-state index is -0.833. The van der Waals surface area contributed by atoms with Crippen LogP contribution >= 0.6 is 11.5 Å². The Bertz CT molecular complexity index is 576. The van der Waals surface area contributed by atoms with Crippen molar-refractivity contribution in [2.45, 2.75) is 26.4 Å². The van der Waals surface area contributed by atoms with Gasteiger partial charge >= 0.3 is 0 Å². The van der Waals surface area contributed by atoms with E-state index in [1.54, 1.807) is 13.8 Å². The molecule has 0 saturated carbocycles. The highest BCUT2D eigenvalue weighted by Gasteiger charge is 2.18. The van der Waals surface area contributed by atoms with Gasteiger partial charge in [0.15, 0.2) is 10.8 Å². The smallest absolute Gasteiger partial charge is 0.294 e. The average molecular weight is 285 g/mol. The van der Waals surface area contributed by atoms with Crippen LogP contribution in [0.5, 0.6) is 0 Å². The number of rotatable bonds is 5. The first-order valence-electron chi connectivity index (χ1n) is 5.33. The van der Waals surface area contributed by atoms with Gasteiger partial charge in [-0.15, -0.1) is 10.1 Å². The normalized spacial score (nSPS) is 12.3. The molecule has 0 spiro atoms. The van der Waals surface area contributed by atoms with E-state index in [1.165, 1.54) is 0 Å². The van der Waals surface area contributed by atoms with Crippen molar-refractivity contribution in [2.24, 2.45) is 0 Å². The van der Waals surface area contributed by atoms with Crippen molar-refractivity contribution < 1.29 is 14.4 Å². The zero-order chi connectivity index (χ0) is 14.0. The topological polar surface area (TPSA) is 130 Å². The fraction of sp³-hybridized carbons (Fsp3) is 0.444. The molecule has 0 amide bonds. The molecule has 2 N–H and O–H groups in total. The number of aryl methyl sites for hydroxylation is 1. The largest absolute Gasteiger partial charge is 0.380 e. The molecule has 9 nitrogen and oxygen atoms in total. The monoisotopic (exact) mass is 285 g/mol. The minimum Gasteiger partial charge on any atom is -0.380 e. The standard InChI is InChI=1S/C9H11N5O4S/c1-4(18-14(15)16)3-6-11-9(19-13-6)7-5(2)17-12-8(7)10/h4H,3H2,1-2H3,(H2,10,12). The van der Waals surface area contributed by atoms with Crippen LogP contribution < -0.4 is 5.73 Å². The van der Waals surface area contributed by atoms with E-state index in [9.17, 15) is 10.1 Å². The zero-order valence-electron chi connectivity index (χ0n) is 10.2. The summed E-state index contributed by atoms with van der Waals surface area (Å²) >= 11 is 1.13. The van der Waals surface area contributed by atoms with Gasteiger partial charge in [0.05, 0.1) is 5.56 Å². The van der Waals surface area contributed by atoms with E-state index in [0.717, 1.165) is 11.5 Å². The Labute approximate surface area is 111 Å². The third-order valence-corrected chi connectivity index (χ3v) is 3.08. The Morgan fingerprint density at radius 2 is 2.37 bits per heavy atom. The summed E-state index contributed by atoms with van der Waals surface area (Å²) in [4.78, 5) is 18.8. The van der Waals surface area contributed by atoms with Gasteiger partial charge in [-0.05, 0) is 25.4 Å². The van der Waals surface area contributed by atoms with E-state index in [-0.39, 0.29) is 12.2 Å². The molecule has 0 fully saturated rings. The molecule has 0 aromatic carbocycles. The van der Waals surface area contributed by atoms with Crippen molar-refractivity contribution in [1.29, 1.82) is 0 Å². The molecule has 0 saturated heterocycles. The first kappa shape index (κ1) is 13.2. The van der Waals surface area contributed by atoms with Crippen LogP contribution in [0.1, 0.15) is 18.5 Å². The zero-order valence-corrected chi connectivity index (χ0v) is 11.0. The predicted octanol–water partition coefficient (Wildman–Crippen LogP) is 1.22. The molecule has 2 aromatic rings. The van der Waals surface area contributed by atoms with E-state index < -0.39 is 11.2 Å². The van der Waals surface area contributed by atoms with Gasteiger partial charge in [-0.1, -0.05) is 5.16 Å². The summed E-state index contributed by atoms with van der Waals surface area (Å²) < 4.78 is 9.05. The molecule has 1 atom stereocenters. The van der Waals surface area contributed by atoms with E-state index in [4.69, 9.17) is 10.3 Å². The fourth-order valence-corrected chi connectivity index (χ4v) is 2.32. The Morgan fingerprint density at radius 3 is 2.95 bits per heavy atom. The van der Waals surface area contributed by atoms with Crippen LogP contribution in [-0.2, 0) is 11.3 Å². The fourth-order valence-electron chi connectivity index (χ4n) is 1.53. The van der Waals surface area contributed by atoms with Gasteiger partial charge < -0.3 is 15.1 Å². The molecule has 0 radical (unpaired) electrons. The molecular weight excluding hydrogens is 274 g/mol. The Balaban J connectivity index is 2.14. The summed E-state index contributed by atoms with van der Waals surface area (Å²) in [6.45, 7) is 3.29. The molecule has 19 heavy (non-hydrogen) atoms. The number of hydrogen-bond acceptors (Lipinski definition) is 9. The second kappa shape index (κ2) is 5.18. The molecule has 2 aromatic heterocycles. The lowest BCUT2D eigenvalue weighted by atomic mass is 10.2.